The van der Waals surface area contributed by atoms with E-state index in [-0.39, 0.29) is 18.3 Å². The van der Waals surface area contributed by atoms with Crippen LogP contribution in [0.1, 0.15) is 20.3 Å². The van der Waals surface area contributed by atoms with Gasteiger partial charge in [-0.15, -0.1) is 0 Å². The Hall–Kier alpha value is -2.45. The molecule has 20 heavy (non-hydrogen) atoms. The van der Waals surface area contributed by atoms with Crippen molar-refractivity contribution in [1.29, 1.82) is 0 Å². The zero-order chi connectivity index (χ0) is 15.3. The molecule has 1 heterocycles. The van der Waals surface area contributed by atoms with Gasteiger partial charge in [0.15, 0.2) is 0 Å². The molecular weight excluding hydrogens is 268 g/mol. The van der Waals surface area contributed by atoms with Gasteiger partial charge >= 0.3 is 11.8 Å². The molecule has 0 saturated carbocycles. The van der Waals surface area contributed by atoms with E-state index in [1.165, 1.54) is 6.20 Å². The highest BCUT2D eigenvalue weighted by atomic mass is 16.6. The summed E-state index contributed by atoms with van der Waals surface area (Å²) in [6, 6.07) is 0.184. The van der Waals surface area contributed by atoms with Crippen molar-refractivity contribution in [3.05, 3.63) is 22.4 Å². The van der Waals surface area contributed by atoms with Crippen LogP contribution >= 0.6 is 0 Å². The first kappa shape index (κ1) is 15.6. The third-order valence-corrected chi connectivity index (χ3v) is 2.46. The third-order valence-electron chi connectivity index (χ3n) is 2.46. The Bertz CT molecular complexity index is 511. The van der Waals surface area contributed by atoms with Crippen molar-refractivity contribution in [2.24, 2.45) is 5.92 Å². The summed E-state index contributed by atoms with van der Waals surface area (Å²) in [6.07, 6.45) is 1.59. The van der Waals surface area contributed by atoms with E-state index in [0.29, 0.717) is 6.42 Å². The number of nitrogens with zero attached hydrogens (tertiary/aromatic N) is 3. The lowest BCUT2D eigenvalue weighted by Crippen LogP contribution is -2.43. The van der Waals surface area contributed by atoms with E-state index >= 15 is 0 Å². The van der Waals surface area contributed by atoms with E-state index in [2.05, 4.69) is 10.4 Å². The van der Waals surface area contributed by atoms with Gasteiger partial charge in [-0.2, -0.15) is 4.68 Å². The van der Waals surface area contributed by atoms with Crippen LogP contribution in [0.4, 0.5) is 5.82 Å². The molecule has 1 amide bonds. The van der Waals surface area contributed by atoms with Gasteiger partial charge in [0.1, 0.15) is 12.6 Å². The lowest BCUT2D eigenvalue weighted by atomic mass is 10.0. The van der Waals surface area contributed by atoms with E-state index < -0.39 is 22.8 Å². The van der Waals surface area contributed by atoms with Gasteiger partial charge in [-0.3, -0.25) is 4.79 Å². The number of amides is 1. The number of rotatable bonds is 7. The second-order valence-electron chi connectivity index (χ2n) is 4.72. The normalized spacial score (nSPS) is 12.2. The summed E-state index contributed by atoms with van der Waals surface area (Å²) in [5.74, 6) is -1.92. The molecule has 9 heteroatoms. The van der Waals surface area contributed by atoms with Crippen molar-refractivity contribution >= 4 is 17.7 Å². The van der Waals surface area contributed by atoms with Crippen molar-refractivity contribution < 1.29 is 19.6 Å². The fourth-order valence-electron chi connectivity index (χ4n) is 1.62. The van der Waals surface area contributed by atoms with Crippen LogP contribution < -0.4 is 5.32 Å². The second kappa shape index (κ2) is 6.64. The van der Waals surface area contributed by atoms with Crippen molar-refractivity contribution in [2.45, 2.75) is 32.9 Å². The van der Waals surface area contributed by atoms with Crippen LogP contribution in [-0.2, 0) is 16.1 Å². The first-order valence-electron chi connectivity index (χ1n) is 5.99. The number of hydrogen-bond acceptors (Lipinski definition) is 5. The number of carbonyl (C=O) groups excluding carboxylic acids is 1. The minimum atomic E-state index is -1.11. The lowest BCUT2D eigenvalue weighted by Gasteiger charge is -2.15. The molecule has 0 bridgehead atoms. The maximum Gasteiger partial charge on any atom is 0.389 e. The summed E-state index contributed by atoms with van der Waals surface area (Å²) in [4.78, 5) is 32.4. The zero-order valence-electron chi connectivity index (χ0n) is 11.1. The highest BCUT2D eigenvalue weighted by Gasteiger charge is 2.22. The Morgan fingerprint density at radius 3 is 2.65 bits per heavy atom. The third kappa shape index (κ3) is 4.67. The van der Waals surface area contributed by atoms with Gasteiger partial charge in [0, 0.05) is 0 Å². The highest BCUT2D eigenvalue weighted by molar-refractivity contribution is 5.83. The van der Waals surface area contributed by atoms with Crippen LogP contribution in [0.5, 0.6) is 0 Å². The summed E-state index contributed by atoms with van der Waals surface area (Å²) < 4.78 is 1.09. The molecule has 1 aromatic heterocycles. The molecular formula is C11H16N4O5. The molecule has 2 N–H and O–H groups in total. The molecule has 0 aromatic carbocycles. The predicted molar refractivity (Wildman–Crippen MR) is 67.9 cm³/mol. The Kier molecular flexibility index (Phi) is 5.18. The van der Waals surface area contributed by atoms with E-state index in [0.717, 1.165) is 10.7 Å². The molecule has 1 atom stereocenters. The van der Waals surface area contributed by atoms with E-state index in [1.54, 1.807) is 0 Å². The van der Waals surface area contributed by atoms with Crippen LogP contribution in [-0.4, -0.2) is 37.7 Å². The first-order valence-corrected chi connectivity index (χ1v) is 5.99. The maximum absolute atomic E-state index is 11.7. The predicted octanol–water partition coefficient (Wildman–Crippen LogP) is 0.407. The van der Waals surface area contributed by atoms with Gasteiger partial charge in [0.2, 0.25) is 5.91 Å². The summed E-state index contributed by atoms with van der Waals surface area (Å²) in [5, 5.41) is 25.4. The smallest absolute Gasteiger partial charge is 0.389 e. The van der Waals surface area contributed by atoms with Gasteiger partial charge in [0.25, 0.3) is 0 Å². The number of nitro groups is 1. The van der Waals surface area contributed by atoms with Gasteiger partial charge < -0.3 is 20.5 Å². The fraction of sp³-hybridized carbons (Fsp3) is 0.545. The van der Waals surface area contributed by atoms with Gasteiger partial charge in [-0.25, -0.2) is 4.79 Å². The van der Waals surface area contributed by atoms with Crippen LogP contribution in [0.2, 0.25) is 0 Å². The number of carboxylic acid groups (broad SMARTS) is 1. The Morgan fingerprint density at radius 1 is 1.55 bits per heavy atom. The standard InChI is InChI=1S/C11H16N4O5/c1-7(2)5-8(11(17)18)12-10(16)6-14-4-3-9(13-14)15(19)20/h3-4,7-8H,5-6H2,1-2H3,(H,12,16)(H,17,18). The largest absolute Gasteiger partial charge is 0.480 e. The highest BCUT2D eigenvalue weighted by Crippen LogP contribution is 2.06. The van der Waals surface area contributed by atoms with Crippen molar-refractivity contribution in [1.82, 2.24) is 15.1 Å². The van der Waals surface area contributed by atoms with E-state index in [4.69, 9.17) is 5.11 Å². The quantitative estimate of drug-likeness (QED) is 0.551. The van der Waals surface area contributed by atoms with Crippen molar-refractivity contribution in [3.63, 3.8) is 0 Å². The molecule has 1 rings (SSSR count). The van der Waals surface area contributed by atoms with Gasteiger partial charge in [-0.05, 0) is 17.3 Å². The average molecular weight is 284 g/mol. The number of nitrogens with one attached hydrogen (secondary N) is 1. The molecule has 0 aliphatic heterocycles. The minimum absolute atomic E-state index is 0.113. The molecule has 0 aliphatic carbocycles. The first-order chi connectivity index (χ1) is 9.29. The van der Waals surface area contributed by atoms with E-state index in [1.807, 2.05) is 13.8 Å². The Labute approximate surface area is 114 Å². The summed E-state index contributed by atoms with van der Waals surface area (Å²) in [5.41, 5.74) is 0. The number of aromatic nitrogens is 2. The van der Waals surface area contributed by atoms with Gasteiger partial charge in [0.05, 0.1) is 17.4 Å². The molecule has 0 saturated heterocycles. The molecule has 1 unspecified atom stereocenters. The zero-order valence-corrected chi connectivity index (χ0v) is 11.1. The summed E-state index contributed by atoms with van der Waals surface area (Å²) >= 11 is 0. The summed E-state index contributed by atoms with van der Waals surface area (Å²) in [7, 11) is 0. The summed E-state index contributed by atoms with van der Waals surface area (Å²) in [6.45, 7) is 3.42. The molecule has 9 nitrogen and oxygen atoms in total. The molecule has 0 spiro atoms. The van der Waals surface area contributed by atoms with Crippen LogP contribution in [0, 0.1) is 16.0 Å². The molecule has 0 radical (unpaired) electrons. The van der Waals surface area contributed by atoms with Crippen LogP contribution in [0.25, 0.3) is 0 Å². The monoisotopic (exact) mass is 284 g/mol. The molecule has 0 fully saturated rings. The Morgan fingerprint density at radius 2 is 2.20 bits per heavy atom. The van der Waals surface area contributed by atoms with Crippen LogP contribution in [0.15, 0.2) is 12.3 Å². The number of carbonyl (C=O) groups is 2. The molecule has 1 aromatic rings. The van der Waals surface area contributed by atoms with Crippen LogP contribution in [0.3, 0.4) is 0 Å². The maximum atomic E-state index is 11.7. The second-order valence-corrected chi connectivity index (χ2v) is 4.72. The number of carboxylic acids is 1. The fourth-order valence-corrected chi connectivity index (χ4v) is 1.62. The molecule has 0 aliphatic rings. The molecule has 110 valence electrons. The topological polar surface area (TPSA) is 127 Å². The van der Waals surface area contributed by atoms with E-state index in [9.17, 15) is 19.7 Å². The van der Waals surface area contributed by atoms with Crippen molar-refractivity contribution in [2.75, 3.05) is 0 Å². The SMILES string of the molecule is CC(C)CC(NC(=O)Cn1ccc([N+](=O)[O-])n1)C(=O)O. The Balaban J connectivity index is 2.60. The lowest BCUT2D eigenvalue weighted by molar-refractivity contribution is -0.389. The minimum Gasteiger partial charge on any atom is -0.480 e. The van der Waals surface area contributed by atoms with Gasteiger partial charge in [-0.1, -0.05) is 13.8 Å². The van der Waals surface area contributed by atoms with Crippen molar-refractivity contribution in [3.8, 4) is 0 Å². The average Bonchev–Trinajstić information content (AvgIpc) is 2.75. The number of aliphatic carboxylic acids is 1. The number of hydrogen-bond donors (Lipinski definition) is 2.